The fourth-order valence-electron chi connectivity index (χ4n) is 4.47. The van der Waals surface area contributed by atoms with Crippen LogP contribution in [0.25, 0.3) is 0 Å². The molecule has 21 heavy (non-hydrogen) atoms. The minimum Gasteiger partial charge on any atom is -0.314 e. The van der Waals surface area contributed by atoms with Crippen molar-refractivity contribution in [2.75, 3.05) is 6.54 Å². The molecule has 0 aromatic heterocycles. The lowest BCUT2D eigenvalue weighted by Gasteiger charge is -2.37. The Hall–Kier alpha value is -0.820. The number of nitrogens with one attached hydrogen (secondary N) is 1. The first-order chi connectivity index (χ1) is 10.4. The van der Waals surface area contributed by atoms with E-state index in [1.54, 1.807) is 11.1 Å². The van der Waals surface area contributed by atoms with Gasteiger partial charge in [-0.3, -0.25) is 0 Å². The van der Waals surface area contributed by atoms with Gasteiger partial charge in [-0.2, -0.15) is 0 Å². The number of benzene rings is 1. The number of rotatable bonds is 5. The van der Waals surface area contributed by atoms with E-state index in [1.807, 2.05) is 0 Å². The minimum atomic E-state index is 0.742. The second-order valence-corrected chi connectivity index (χ2v) is 7.10. The van der Waals surface area contributed by atoms with E-state index in [2.05, 4.69) is 36.5 Å². The Balaban J connectivity index is 1.61. The lowest BCUT2D eigenvalue weighted by molar-refractivity contribution is 0.260. The summed E-state index contributed by atoms with van der Waals surface area (Å²) in [4.78, 5) is 0. The van der Waals surface area contributed by atoms with E-state index in [0.717, 1.165) is 24.4 Å². The van der Waals surface area contributed by atoms with Gasteiger partial charge in [0, 0.05) is 6.04 Å². The zero-order valence-electron chi connectivity index (χ0n) is 13.6. The molecule has 1 aromatic rings. The minimum absolute atomic E-state index is 0.742. The van der Waals surface area contributed by atoms with Gasteiger partial charge in [0.15, 0.2) is 0 Å². The molecule has 2 aliphatic carbocycles. The standard InChI is InChI=1S/C20H31N/c1-2-21-20(16-10-6-4-3-5-7-11-16)15-18-14-17-12-8-9-13-19(17)18/h8-9,12-13,16,18,20-21H,2-7,10-11,14-15H2,1H3. The maximum Gasteiger partial charge on any atom is 0.0101 e. The zero-order chi connectivity index (χ0) is 14.5. The lowest BCUT2D eigenvalue weighted by atomic mass is 9.72. The maximum absolute atomic E-state index is 3.83. The Kier molecular flexibility index (Phi) is 5.35. The Morgan fingerprint density at radius 3 is 2.48 bits per heavy atom. The zero-order valence-corrected chi connectivity index (χ0v) is 13.6. The van der Waals surface area contributed by atoms with Gasteiger partial charge in [0.05, 0.1) is 0 Å². The number of fused-ring (bicyclic) bond motifs is 1. The lowest BCUT2D eigenvalue weighted by Crippen LogP contribution is -2.39. The molecule has 2 aliphatic rings. The summed E-state index contributed by atoms with van der Waals surface area (Å²) in [7, 11) is 0. The van der Waals surface area contributed by atoms with E-state index in [4.69, 9.17) is 0 Å². The molecule has 0 heterocycles. The van der Waals surface area contributed by atoms with E-state index in [0.29, 0.717) is 0 Å². The van der Waals surface area contributed by atoms with Gasteiger partial charge in [0.25, 0.3) is 0 Å². The molecule has 0 radical (unpaired) electrons. The third-order valence-electron chi connectivity index (χ3n) is 5.68. The molecule has 2 unspecified atom stereocenters. The van der Waals surface area contributed by atoms with E-state index >= 15 is 0 Å². The summed E-state index contributed by atoms with van der Waals surface area (Å²) in [6.45, 7) is 3.39. The largest absolute Gasteiger partial charge is 0.314 e. The molecule has 1 N–H and O–H groups in total. The normalized spacial score (nSPS) is 24.5. The smallest absolute Gasteiger partial charge is 0.0101 e. The molecule has 3 rings (SSSR count). The van der Waals surface area contributed by atoms with Gasteiger partial charge in [-0.05, 0) is 55.2 Å². The SMILES string of the molecule is CCNC(CC1Cc2ccccc21)C1CCCCCCC1. The van der Waals surface area contributed by atoms with Crippen LogP contribution in [0.3, 0.4) is 0 Å². The molecule has 0 saturated heterocycles. The van der Waals surface area contributed by atoms with Crippen molar-refractivity contribution in [1.29, 1.82) is 0 Å². The molecule has 1 saturated carbocycles. The Morgan fingerprint density at radius 2 is 1.76 bits per heavy atom. The fourth-order valence-corrected chi connectivity index (χ4v) is 4.47. The molecule has 0 aliphatic heterocycles. The molecular weight excluding hydrogens is 254 g/mol. The first kappa shape index (κ1) is 15.1. The molecule has 1 heteroatoms. The first-order valence-corrected chi connectivity index (χ1v) is 9.19. The number of hydrogen-bond acceptors (Lipinski definition) is 1. The summed E-state index contributed by atoms with van der Waals surface area (Å²) in [5.74, 6) is 1.73. The predicted molar refractivity (Wildman–Crippen MR) is 90.8 cm³/mol. The van der Waals surface area contributed by atoms with Gasteiger partial charge in [-0.1, -0.05) is 63.3 Å². The van der Waals surface area contributed by atoms with Crippen molar-refractivity contribution in [3.8, 4) is 0 Å². The molecule has 1 fully saturated rings. The quantitative estimate of drug-likeness (QED) is 0.798. The second kappa shape index (κ2) is 7.45. The van der Waals surface area contributed by atoms with Gasteiger partial charge < -0.3 is 5.32 Å². The van der Waals surface area contributed by atoms with Gasteiger partial charge in [-0.15, -0.1) is 0 Å². The fraction of sp³-hybridized carbons (Fsp3) is 0.700. The predicted octanol–water partition coefficient (Wildman–Crippen LogP) is 5.06. The van der Waals surface area contributed by atoms with Crippen LogP contribution in [0, 0.1) is 5.92 Å². The summed E-state index contributed by atoms with van der Waals surface area (Å²) in [5, 5.41) is 3.83. The summed E-state index contributed by atoms with van der Waals surface area (Å²) in [6.07, 6.45) is 12.9. The summed E-state index contributed by atoms with van der Waals surface area (Å²) >= 11 is 0. The third-order valence-corrected chi connectivity index (χ3v) is 5.68. The van der Waals surface area contributed by atoms with E-state index in [1.165, 1.54) is 57.8 Å². The van der Waals surface area contributed by atoms with Crippen LogP contribution in [0.2, 0.25) is 0 Å². The topological polar surface area (TPSA) is 12.0 Å². The van der Waals surface area contributed by atoms with Gasteiger partial charge >= 0.3 is 0 Å². The van der Waals surface area contributed by atoms with E-state index in [9.17, 15) is 0 Å². The van der Waals surface area contributed by atoms with Crippen LogP contribution in [-0.2, 0) is 6.42 Å². The summed E-state index contributed by atoms with van der Waals surface area (Å²) in [6, 6.07) is 9.80. The Morgan fingerprint density at radius 1 is 1.05 bits per heavy atom. The molecule has 1 nitrogen and oxygen atoms in total. The second-order valence-electron chi connectivity index (χ2n) is 7.10. The highest BCUT2D eigenvalue weighted by molar-refractivity contribution is 5.39. The molecule has 2 atom stereocenters. The molecule has 0 spiro atoms. The molecule has 0 amide bonds. The van der Waals surface area contributed by atoms with Crippen LogP contribution < -0.4 is 5.32 Å². The van der Waals surface area contributed by atoms with Crippen molar-refractivity contribution in [3.05, 3.63) is 35.4 Å². The van der Waals surface area contributed by atoms with Crippen molar-refractivity contribution in [2.24, 2.45) is 5.92 Å². The highest BCUT2D eigenvalue weighted by Crippen LogP contribution is 2.40. The van der Waals surface area contributed by atoms with Crippen molar-refractivity contribution in [3.63, 3.8) is 0 Å². The molecule has 0 bridgehead atoms. The van der Waals surface area contributed by atoms with E-state index in [-0.39, 0.29) is 0 Å². The van der Waals surface area contributed by atoms with Crippen molar-refractivity contribution in [2.45, 2.75) is 76.7 Å². The average molecular weight is 285 g/mol. The van der Waals surface area contributed by atoms with Crippen LogP contribution in [0.5, 0.6) is 0 Å². The maximum atomic E-state index is 3.83. The Bertz CT molecular complexity index is 431. The third kappa shape index (κ3) is 3.69. The van der Waals surface area contributed by atoms with Crippen molar-refractivity contribution < 1.29 is 0 Å². The highest BCUT2D eigenvalue weighted by atomic mass is 14.9. The van der Waals surface area contributed by atoms with Crippen LogP contribution in [-0.4, -0.2) is 12.6 Å². The van der Waals surface area contributed by atoms with Crippen LogP contribution in [0.4, 0.5) is 0 Å². The van der Waals surface area contributed by atoms with Gasteiger partial charge in [0.2, 0.25) is 0 Å². The van der Waals surface area contributed by atoms with Crippen LogP contribution >= 0.6 is 0 Å². The average Bonchev–Trinajstić information content (AvgIpc) is 2.44. The molecular formula is C20H31N. The molecule has 1 aromatic carbocycles. The van der Waals surface area contributed by atoms with Crippen LogP contribution in [0.15, 0.2) is 24.3 Å². The monoisotopic (exact) mass is 285 g/mol. The summed E-state index contributed by atoms with van der Waals surface area (Å²) in [5.41, 5.74) is 3.22. The number of hydrogen-bond donors (Lipinski definition) is 1. The van der Waals surface area contributed by atoms with E-state index < -0.39 is 0 Å². The highest BCUT2D eigenvalue weighted by Gasteiger charge is 2.30. The molecule has 116 valence electrons. The van der Waals surface area contributed by atoms with Gasteiger partial charge in [-0.25, -0.2) is 0 Å². The van der Waals surface area contributed by atoms with Gasteiger partial charge in [0.1, 0.15) is 0 Å². The Labute approximate surface area is 130 Å². The summed E-state index contributed by atoms with van der Waals surface area (Å²) < 4.78 is 0. The first-order valence-electron chi connectivity index (χ1n) is 9.19. The van der Waals surface area contributed by atoms with Crippen LogP contribution in [0.1, 0.15) is 75.3 Å². The van der Waals surface area contributed by atoms with Crippen molar-refractivity contribution >= 4 is 0 Å². The van der Waals surface area contributed by atoms with Crippen molar-refractivity contribution in [1.82, 2.24) is 5.32 Å².